The minimum absolute atomic E-state index is 0.273. The van der Waals surface area contributed by atoms with Gasteiger partial charge >= 0.3 is 120 Å². The Labute approximate surface area is 165 Å². The Morgan fingerprint density at radius 3 is 1.77 bits per heavy atom. The van der Waals surface area contributed by atoms with Gasteiger partial charge in [-0.15, -0.1) is 0 Å². The number of hydrogen-bond acceptors (Lipinski definition) is 4. The van der Waals surface area contributed by atoms with Crippen molar-refractivity contribution < 1.29 is 29.3 Å². The van der Waals surface area contributed by atoms with E-state index in [4.69, 9.17) is 24.5 Å². The summed E-state index contributed by atoms with van der Waals surface area (Å²) in [6.07, 6.45) is 0. The van der Waals surface area contributed by atoms with Crippen molar-refractivity contribution in [1.29, 1.82) is 0 Å². The first-order valence-electron chi connectivity index (χ1n) is 7.61. The van der Waals surface area contributed by atoms with E-state index in [9.17, 15) is 4.79 Å². The van der Waals surface area contributed by atoms with Gasteiger partial charge in [0.1, 0.15) is 0 Å². The zero-order valence-corrected chi connectivity index (χ0v) is 18.8. The van der Waals surface area contributed by atoms with E-state index < -0.39 is 36.2 Å². The Morgan fingerprint density at radius 1 is 0.885 bits per heavy atom. The zero-order chi connectivity index (χ0) is 19.9. The van der Waals surface area contributed by atoms with Crippen LogP contribution in [0.1, 0.15) is 24.2 Å². The van der Waals surface area contributed by atoms with Crippen LogP contribution in [0.4, 0.5) is 0 Å². The molecule has 2 aromatic rings. The molecule has 0 amide bonds. The molecule has 0 aliphatic heterocycles. The molecule has 0 aromatic heterocycles. The van der Waals surface area contributed by atoms with Crippen molar-refractivity contribution in [3.63, 3.8) is 0 Å². The molecule has 0 heterocycles. The molecule has 7 heteroatoms. The molecular weight excluding hydrogens is 531 g/mol. The van der Waals surface area contributed by atoms with E-state index >= 15 is 0 Å². The number of carbonyl (C=O) groups excluding carboxylic acids is 1. The fraction of sp³-hybridized carbons (Fsp3) is 0.211. The molecule has 0 unspecified atom stereocenters. The summed E-state index contributed by atoms with van der Waals surface area (Å²) >= 11 is -1.05. The summed E-state index contributed by atoms with van der Waals surface area (Å²) in [6.45, 7) is 2.17. The number of carboxylic acid groups (broad SMARTS) is 2. The van der Waals surface area contributed by atoms with E-state index in [0.29, 0.717) is 0 Å². The fourth-order valence-corrected chi connectivity index (χ4v) is 5.39. The third kappa shape index (κ3) is 13.1. The summed E-state index contributed by atoms with van der Waals surface area (Å²) in [6, 6.07) is 17.6. The number of benzene rings is 2. The van der Waals surface area contributed by atoms with Crippen LogP contribution in [0.3, 0.4) is 0 Å². The van der Waals surface area contributed by atoms with E-state index in [1.54, 1.807) is 7.11 Å². The normalized spacial score (nSPS) is 8.88. The molecule has 0 atom stereocenters. The first-order chi connectivity index (χ1) is 12.3. The quantitative estimate of drug-likeness (QED) is 0.436. The van der Waals surface area contributed by atoms with Gasteiger partial charge in [0.25, 0.3) is 11.9 Å². The average Bonchev–Trinajstić information content (AvgIpc) is 2.60. The van der Waals surface area contributed by atoms with Crippen LogP contribution in [0.2, 0.25) is 3.98 Å². The molecule has 0 bridgehead atoms. The van der Waals surface area contributed by atoms with E-state index in [-0.39, 0.29) is 5.78 Å². The van der Waals surface area contributed by atoms with Crippen LogP contribution in [0.5, 0.6) is 5.75 Å². The van der Waals surface area contributed by atoms with Crippen LogP contribution in [0.25, 0.3) is 0 Å². The third-order valence-electron chi connectivity index (χ3n) is 2.64. The van der Waals surface area contributed by atoms with Gasteiger partial charge in [-0.05, 0) is 0 Å². The first kappa shape index (κ1) is 23.8. The maximum absolute atomic E-state index is 12.0. The van der Waals surface area contributed by atoms with E-state index in [1.165, 1.54) is 3.12 Å². The monoisotopic (exact) mass is 554 g/mol. The van der Waals surface area contributed by atoms with Crippen molar-refractivity contribution in [2.45, 2.75) is 17.8 Å². The van der Waals surface area contributed by atoms with Gasteiger partial charge in [-0.2, -0.15) is 0 Å². The number of carboxylic acids is 2. The molecule has 0 aliphatic carbocycles. The number of aliphatic carboxylic acids is 2. The van der Waals surface area contributed by atoms with Crippen LogP contribution in [-0.2, 0) is 9.59 Å². The second-order valence-corrected chi connectivity index (χ2v) is 9.90. The predicted octanol–water partition coefficient (Wildman–Crippen LogP) is 2.51. The molecule has 2 aromatic carbocycles. The topological polar surface area (TPSA) is 101 Å². The summed E-state index contributed by atoms with van der Waals surface area (Å²) in [5, 5.41) is 14.8. The van der Waals surface area contributed by atoms with Gasteiger partial charge in [0.15, 0.2) is 0 Å². The number of Topliss-reactive ketones (excluding diaryl/α,β-unsaturated/α-hetero) is 1. The fourth-order valence-electron chi connectivity index (χ4n) is 1.62. The molecule has 2 N–H and O–H groups in total. The van der Waals surface area contributed by atoms with Crippen molar-refractivity contribution in [3.05, 3.63) is 60.2 Å². The molecule has 0 saturated heterocycles. The molecule has 0 saturated carbocycles. The van der Waals surface area contributed by atoms with Crippen molar-refractivity contribution in [1.82, 2.24) is 0 Å². The van der Waals surface area contributed by atoms with Gasteiger partial charge < -0.3 is 10.2 Å². The van der Waals surface area contributed by atoms with Crippen molar-refractivity contribution in [2.75, 3.05) is 7.11 Å². The van der Waals surface area contributed by atoms with Crippen LogP contribution in [-0.4, -0.2) is 59.3 Å². The van der Waals surface area contributed by atoms with Gasteiger partial charge in [0, 0.05) is 13.8 Å². The molecule has 26 heavy (non-hydrogen) atoms. The molecule has 0 spiro atoms. The number of hydrogen-bond donors (Lipinski definition) is 2. The van der Waals surface area contributed by atoms with E-state index in [2.05, 4.69) is 12.1 Å². The number of rotatable bonds is 5. The standard InChI is InChI=1S/C8H7O.C7H7O.2C2H4O2.Pb/c1-7(9)8-5-3-2-4-6-8;1-8-7-5-3-2-4-6-7;2*1-2(3)4;/h2-6H,1H2;3-6H,1H3;2*1H3,(H,3,4);. The second kappa shape index (κ2) is 14.0. The molecule has 2 radical (unpaired) electrons. The van der Waals surface area contributed by atoms with Crippen LogP contribution in [0, 0.1) is 0 Å². The van der Waals surface area contributed by atoms with Gasteiger partial charge in [0.05, 0.1) is 0 Å². The summed E-state index contributed by atoms with van der Waals surface area (Å²) in [5.74, 6) is -0.522. The number of methoxy groups -OCH3 is 1. The molecule has 138 valence electrons. The molecule has 6 nitrogen and oxygen atoms in total. The minimum atomic E-state index is -1.05. The van der Waals surface area contributed by atoms with Crippen molar-refractivity contribution in [2.24, 2.45) is 0 Å². The molecule has 0 aliphatic rings. The van der Waals surface area contributed by atoms with Crippen molar-refractivity contribution >= 4 is 45.1 Å². The van der Waals surface area contributed by atoms with Crippen LogP contribution < -0.4 is 7.86 Å². The van der Waals surface area contributed by atoms with E-state index in [0.717, 1.165) is 29.1 Å². The van der Waals surface area contributed by atoms with Crippen molar-refractivity contribution in [3.8, 4) is 5.75 Å². The maximum atomic E-state index is 12.0. The third-order valence-corrected chi connectivity index (χ3v) is 7.46. The molecule has 0 fully saturated rings. The average molecular weight is 554 g/mol. The SMILES string of the molecule is CC(=O)O.CC(=O)O.COc1cc[c]([Pb][CH2]C(=O)c2ccccc2)cc1. The van der Waals surface area contributed by atoms with Gasteiger partial charge in [-0.3, -0.25) is 9.59 Å². The van der Waals surface area contributed by atoms with Gasteiger partial charge in [-0.25, -0.2) is 0 Å². The van der Waals surface area contributed by atoms with E-state index in [1.807, 2.05) is 42.5 Å². The number of ketones is 1. The Morgan fingerprint density at radius 2 is 1.35 bits per heavy atom. The Hall–Kier alpha value is -2.23. The predicted molar refractivity (Wildman–Crippen MR) is 101 cm³/mol. The van der Waals surface area contributed by atoms with Crippen LogP contribution in [0.15, 0.2) is 54.6 Å². The summed E-state index contributed by atoms with van der Waals surface area (Å²) < 4.78 is 7.20. The van der Waals surface area contributed by atoms with Gasteiger partial charge in [0.2, 0.25) is 0 Å². The summed E-state index contributed by atoms with van der Waals surface area (Å²) in [4.78, 5) is 30.0. The second-order valence-electron chi connectivity index (χ2n) is 4.91. The molecular formula is C19H22O6Pb. The summed E-state index contributed by atoms with van der Waals surface area (Å²) in [5.41, 5.74) is 0.832. The Balaban J connectivity index is 0.000000662. The molecule has 2 rings (SSSR count). The van der Waals surface area contributed by atoms with Crippen LogP contribution >= 0.6 is 0 Å². The Kier molecular flexibility index (Phi) is 12.8. The van der Waals surface area contributed by atoms with Gasteiger partial charge in [-0.1, -0.05) is 0 Å². The zero-order valence-electron chi connectivity index (χ0n) is 14.9. The Bertz CT molecular complexity index is 663. The number of ether oxygens (including phenoxy) is 1. The number of carbonyl (C=O) groups is 3. The first-order valence-corrected chi connectivity index (χ1v) is 12.3. The summed E-state index contributed by atoms with van der Waals surface area (Å²) in [7, 11) is 1.66.